The zero-order valence-electron chi connectivity index (χ0n) is 20.8. The lowest BCUT2D eigenvalue weighted by Gasteiger charge is -2.18. The van der Waals surface area contributed by atoms with Crippen LogP contribution in [0.5, 0.6) is 11.5 Å². The standard InChI is InChI=1S/C28H30N2O6S.3H2/c1-3-21(16-31)30-37(33,34)23-9-5-19(6-10-23)24-15-22(8-4-18(24)2)29-27(32)28(12-13-28)20-7-11-25-26(14-20)36-17-35-25;;;/h4-11,14-15,21,30-31H,3,12-13,16-17H2,1-2H3,(H,29,32);3*1H/t21-;;;/m1.../s1. The molecule has 1 aliphatic heterocycles. The molecule has 2 aliphatic rings. The van der Waals surface area contributed by atoms with Crippen molar-refractivity contribution in [3.63, 3.8) is 0 Å². The maximum Gasteiger partial charge on any atom is 0.240 e. The number of sulfonamides is 1. The van der Waals surface area contributed by atoms with Gasteiger partial charge < -0.3 is 19.9 Å². The van der Waals surface area contributed by atoms with Crippen LogP contribution in [0, 0.1) is 6.92 Å². The molecule has 0 saturated heterocycles. The number of amides is 1. The molecule has 8 nitrogen and oxygen atoms in total. The van der Waals surface area contributed by atoms with Crippen LogP contribution in [0.25, 0.3) is 11.1 Å². The summed E-state index contributed by atoms with van der Waals surface area (Å²) in [4.78, 5) is 13.5. The molecule has 0 aromatic heterocycles. The Balaban J connectivity index is 0.00000187. The molecule has 1 amide bonds. The van der Waals surface area contributed by atoms with E-state index in [1.165, 1.54) is 0 Å². The number of hydrogen-bond acceptors (Lipinski definition) is 6. The Morgan fingerprint density at radius 3 is 2.46 bits per heavy atom. The van der Waals surface area contributed by atoms with Gasteiger partial charge in [-0.15, -0.1) is 0 Å². The molecule has 200 valence electrons. The van der Waals surface area contributed by atoms with Crippen LogP contribution in [0.4, 0.5) is 5.69 Å². The first-order valence-electron chi connectivity index (χ1n) is 12.3. The highest BCUT2D eigenvalue weighted by atomic mass is 32.2. The average Bonchev–Trinajstić information content (AvgIpc) is 3.59. The Bertz CT molecular complexity index is 1440. The molecule has 37 heavy (non-hydrogen) atoms. The summed E-state index contributed by atoms with van der Waals surface area (Å²) >= 11 is 0. The highest BCUT2D eigenvalue weighted by Gasteiger charge is 2.51. The number of aliphatic hydroxyl groups is 1. The number of nitrogens with one attached hydrogen (secondary N) is 2. The fourth-order valence-electron chi connectivity index (χ4n) is 4.58. The molecule has 0 bridgehead atoms. The summed E-state index contributed by atoms with van der Waals surface area (Å²) in [6.07, 6.45) is 2.01. The Morgan fingerprint density at radius 1 is 1.05 bits per heavy atom. The predicted octanol–water partition coefficient (Wildman–Crippen LogP) is 4.85. The van der Waals surface area contributed by atoms with Crippen molar-refractivity contribution in [2.24, 2.45) is 0 Å². The van der Waals surface area contributed by atoms with Gasteiger partial charge in [-0.05, 0) is 84.8 Å². The first-order valence-corrected chi connectivity index (χ1v) is 13.8. The number of rotatable bonds is 9. The van der Waals surface area contributed by atoms with Gasteiger partial charge in [0, 0.05) is 16.0 Å². The Hall–Kier alpha value is -3.40. The van der Waals surface area contributed by atoms with E-state index in [4.69, 9.17) is 9.47 Å². The van der Waals surface area contributed by atoms with Crippen molar-refractivity contribution >= 4 is 21.6 Å². The van der Waals surface area contributed by atoms with Gasteiger partial charge in [-0.3, -0.25) is 4.79 Å². The van der Waals surface area contributed by atoms with Crippen molar-refractivity contribution in [2.45, 2.75) is 49.5 Å². The highest BCUT2D eigenvalue weighted by molar-refractivity contribution is 7.89. The zero-order valence-corrected chi connectivity index (χ0v) is 21.6. The molecule has 1 fully saturated rings. The molecule has 1 aliphatic carbocycles. The summed E-state index contributed by atoms with van der Waals surface area (Å²) in [5.41, 5.74) is 3.72. The molecule has 3 aromatic rings. The third-order valence-electron chi connectivity index (χ3n) is 7.12. The molecule has 1 saturated carbocycles. The van der Waals surface area contributed by atoms with Crippen molar-refractivity contribution in [3.05, 3.63) is 71.8 Å². The fraction of sp³-hybridized carbons (Fsp3) is 0.321. The minimum atomic E-state index is -3.74. The number of carbonyl (C=O) groups is 1. The van der Waals surface area contributed by atoms with Crippen molar-refractivity contribution in [2.75, 3.05) is 18.7 Å². The average molecular weight is 529 g/mol. The first kappa shape index (κ1) is 25.3. The molecule has 1 atom stereocenters. The van der Waals surface area contributed by atoms with E-state index >= 15 is 0 Å². The molecule has 5 rings (SSSR count). The van der Waals surface area contributed by atoms with Gasteiger partial charge in [0.25, 0.3) is 0 Å². The maximum atomic E-state index is 13.3. The maximum absolute atomic E-state index is 13.3. The van der Waals surface area contributed by atoms with Gasteiger partial charge in [0.1, 0.15) is 0 Å². The predicted molar refractivity (Wildman–Crippen MR) is 147 cm³/mol. The number of benzene rings is 3. The second-order valence-electron chi connectivity index (χ2n) is 9.57. The molecule has 0 radical (unpaired) electrons. The van der Waals surface area contributed by atoms with Crippen molar-refractivity contribution in [1.82, 2.24) is 4.72 Å². The third kappa shape index (κ3) is 4.94. The van der Waals surface area contributed by atoms with E-state index in [2.05, 4.69) is 10.0 Å². The summed E-state index contributed by atoms with van der Waals surface area (Å²) in [6, 6.07) is 17.4. The molecule has 0 unspecified atom stereocenters. The Labute approximate surface area is 221 Å². The molecule has 3 aromatic carbocycles. The smallest absolute Gasteiger partial charge is 0.240 e. The van der Waals surface area contributed by atoms with E-state index in [1.807, 2.05) is 43.3 Å². The highest BCUT2D eigenvalue weighted by Crippen LogP contribution is 2.51. The van der Waals surface area contributed by atoms with Gasteiger partial charge >= 0.3 is 0 Å². The van der Waals surface area contributed by atoms with Gasteiger partial charge in [0.2, 0.25) is 22.7 Å². The van der Waals surface area contributed by atoms with Gasteiger partial charge in [0.05, 0.1) is 16.9 Å². The van der Waals surface area contributed by atoms with Crippen LogP contribution in [-0.2, 0) is 20.2 Å². The Morgan fingerprint density at radius 2 is 1.78 bits per heavy atom. The molecular formula is C28H36N2O6S. The molecular weight excluding hydrogens is 492 g/mol. The lowest BCUT2D eigenvalue weighted by Crippen LogP contribution is -2.36. The van der Waals surface area contributed by atoms with Crippen molar-refractivity contribution < 1.29 is 32.1 Å². The van der Waals surface area contributed by atoms with Crippen LogP contribution in [0.15, 0.2) is 65.6 Å². The lowest BCUT2D eigenvalue weighted by atomic mass is 9.94. The molecule has 9 heteroatoms. The van der Waals surface area contributed by atoms with Crippen molar-refractivity contribution in [3.8, 4) is 22.6 Å². The Kier molecular flexibility index (Phi) is 6.70. The van der Waals surface area contributed by atoms with Crippen LogP contribution < -0.4 is 19.5 Å². The van der Waals surface area contributed by atoms with E-state index in [9.17, 15) is 18.3 Å². The fourth-order valence-corrected chi connectivity index (χ4v) is 5.89. The number of hydrogen-bond donors (Lipinski definition) is 3. The summed E-state index contributed by atoms with van der Waals surface area (Å²) in [6.45, 7) is 3.70. The minimum absolute atomic E-state index is 0. The van der Waals surface area contributed by atoms with Crippen LogP contribution in [0.3, 0.4) is 0 Å². The van der Waals surface area contributed by atoms with Gasteiger partial charge in [-0.1, -0.05) is 31.2 Å². The number of fused-ring (bicyclic) bond motifs is 1. The van der Waals surface area contributed by atoms with E-state index < -0.39 is 21.5 Å². The number of ether oxygens (including phenoxy) is 2. The number of anilines is 1. The minimum Gasteiger partial charge on any atom is -0.454 e. The summed E-state index contributed by atoms with van der Waals surface area (Å²) < 4.78 is 38.7. The normalized spacial score (nSPS) is 16.3. The van der Waals surface area contributed by atoms with E-state index in [1.54, 1.807) is 31.2 Å². The molecule has 1 heterocycles. The number of aliphatic hydroxyl groups excluding tert-OH is 1. The van der Waals surface area contributed by atoms with Crippen LogP contribution in [-0.4, -0.2) is 38.9 Å². The SMILES string of the molecule is CC[C@H](CO)NS(=O)(=O)c1ccc(-c2cc(NC(=O)C3(c4ccc5c(c4)OCO5)CC3)ccc2C)cc1.[HH].[HH].[HH]. The quantitative estimate of drug-likeness (QED) is 0.366. The monoisotopic (exact) mass is 528 g/mol. The number of aryl methyl sites for hydroxylation is 1. The summed E-state index contributed by atoms with van der Waals surface area (Å²) in [5.74, 6) is 1.29. The first-order chi connectivity index (χ1) is 17.8. The second-order valence-corrected chi connectivity index (χ2v) is 11.3. The summed E-state index contributed by atoms with van der Waals surface area (Å²) in [7, 11) is -3.74. The number of carbonyl (C=O) groups excluding carboxylic acids is 1. The van der Waals surface area contributed by atoms with Crippen LogP contribution in [0.1, 0.15) is 41.6 Å². The van der Waals surface area contributed by atoms with Crippen molar-refractivity contribution in [1.29, 1.82) is 0 Å². The third-order valence-corrected chi connectivity index (χ3v) is 8.65. The van der Waals surface area contributed by atoms with E-state index in [0.717, 1.165) is 35.1 Å². The second kappa shape index (κ2) is 9.81. The summed E-state index contributed by atoms with van der Waals surface area (Å²) in [5, 5.41) is 12.4. The largest absolute Gasteiger partial charge is 0.454 e. The van der Waals surface area contributed by atoms with Crippen LogP contribution in [0.2, 0.25) is 0 Å². The molecule has 0 spiro atoms. The van der Waals surface area contributed by atoms with Gasteiger partial charge in [0.15, 0.2) is 11.5 Å². The van der Waals surface area contributed by atoms with E-state index in [0.29, 0.717) is 23.6 Å². The van der Waals surface area contributed by atoms with Crippen LogP contribution >= 0.6 is 0 Å². The van der Waals surface area contributed by atoms with Gasteiger partial charge in [-0.25, -0.2) is 13.1 Å². The zero-order chi connectivity index (χ0) is 26.2. The lowest BCUT2D eigenvalue weighted by molar-refractivity contribution is -0.118. The van der Waals surface area contributed by atoms with Gasteiger partial charge in [-0.2, -0.15) is 0 Å². The topological polar surface area (TPSA) is 114 Å². The molecule has 3 N–H and O–H groups in total. The van der Waals surface area contributed by atoms with E-state index in [-0.39, 0.29) is 28.5 Å².